The Morgan fingerprint density at radius 1 is 1.12 bits per heavy atom. The van der Waals surface area contributed by atoms with E-state index in [1.54, 1.807) is 11.3 Å². The summed E-state index contributed by atoms with van der Waals surface area (Å²) in [5.74, 6) is 0.729. The zero-order valence-electron chi connectivity index (χ0n) is 13.1. The van der Waals surface area contributed by atoms with Gasteiger partial charge in [0.2, 0.25) is 0 Å². The Balaban J connectivity index is 1.69. The summed E-state index contributed by atoms with van der Waals surface area (Å²) < 4.78 is 1.42. The highest BCUT2D eigenvalue weighted by Crippen LogP contribution is 2.29. The molecule has 120 valence electrons. The molecule has 4 rings (SSSR count). The normalized spacial score (nSPS) is 12.4. The summed E-state index contributed by atoms with van der Waals surface area (Å²) in [5, 5.41) is 21.4. The van der Waals surface area contributed by atoms with Crippen molar-refractivity contribution in [3.8, 4) is 0 Å². The van der Waals surface area contributed by atoms with Crippen molar-refractivity contribution in [2.75, 3.05) is 5.32 Å². The Bertz CT molecular complexity index is 929. The fourth-order valence-corrected chi connectivity index (χ4v) is 3.40. The number of anilines is 1. The summed E-state index contributed by atoms with van der Waals surface area (Å²) in [5.41, 5.74) is 3.16. The van der Waals surface area contributed by atoms with Crippen LogP contribution in [0.2, 0.25) is 0 Å². The average Bonchev–Trinajstić information content (AvgIpc) is 3.31. The molecule has 1 N–H and O–H groups in total. The molecule has 7 heteroatoms. The summed E-state index contributed by atoms with van der Waals surface area (Å²) in [4.78, 5) is 1.23. The van der Waals surface area contributed by atoms with E-state index in [1.807, 2.05) is 12.1 Å². The van der Waals surface area contributed by atoms with Crippen molar-refractivity contribution in [2.24, 2.45) is 0 Å². The van der Waals surface area contributed by atoms with E-state index in [0.29, 0.717) is 5.65 Å². The van der Waals surface area contributed by atoms with E-state index >= 15 is 0 Å². The SMILES string of the molecule is CCc1ccc(C(Nc2ccc3nnnn3n2)c2cccs2)cc1. The minimum atomic E-state index is 0.0392. The first-order chi connectivity index (χ1) is 11.8. The number of fused-ring (bicyclic) bond motifs is 1. The maximum absolute atomic E-state index is 4.42. The monoisotopic (exact) mass is 336 g/mol. The van der Waals surface area contributed by atoms with Gasteiger partial charge in [-0.2, -0.15) is 0 Å². The zero-order chi connectivity index (χ0) is 16.4. The number of hydrogen-bond acceptors (Lipinski definition) is 6. The molecule has 24 heavy (non-hydrogen) atoms. The second-order valence-electron chi connectivity index (χ2n) is 5.43. The Labute approximate surface area is 143 Å². The molecule has 0 saturated carbocycles. The van der Waals surface area contributed by atoms with E-state index in [-0.39, 0.29) is 6.04 Å². The van der Waals surface area contributed by atoms with Crippen molar-refractivity contribution >= 4 is 22.8 Å². The number of thiophene rings is 1. The van der Waals surface area contributed by atoms with Crippen molar-refractivity contribution < 1.29 is 0 Å². The Morgan fingerprint density at radius 2 is 2.00 bits per heavy atom. The molecule has 0 saturated heterocycles. The van der Waals surface area contributed by atoms with Crippen molar-refractivity contribution in [1.82, 2.24) is 25.3 Å². The summed E-state index contributed by atoms with van der Waals surface area (Å²) in [6.07, 6.45) is 1.04. The van der Waals surface area contributed by atoms with Gasteiger partial charge in [0, 0.05) is 4.88 Å². The van der Waals surface area contributed by atoms with Crippen LogP contribution in [0.15, 0.2) is 53.9 Å². The molecule has 0 radical (unpaired) electrons. The van der Waals surface area contributed by atoms with Crippen LogP contribution in [-0.4, -0.2) is 25.3 Å². The zero-order valence-corrected chi connectivity index (χ0v) is 13.9. The van der Waals surface area contributed by atoms with Crippen LogP contribution < -0.4 is 5.32 Å². The first-order valence-corrected chi connectivity index (χ1v) is 8.65. The minimum Gasteiger partial charge on any atom is -0.357 e. The summed E-state index contributed by atoms with van der Waals surface area (Å²) in [6.45, 7) is 2.16. The van der Waals surface area contributed by atoms with Crippen LogP contribution in [0.4, 0.5) is 5.82 Å². The number of aromatic nitrogens is 5. The highest BCUT2D eigenvalue weighted by molar-refractivity contribution is 7.10. The van der Waals surface area contributed by atoms with Gasteiger partial charge < -0.3 is 5.32 Å². The van der Waals surface area contributed by atoms with Crippen LogP contribution in [0.3, 0.4) is 0 Å². The quantitative estimate of drug-likeness (QED) is 0.605. The smallest absolute Gasteiger partial charge is 0.200 e. The molecule has 1 aromatic carbocycles. The third-order valence-corrected chi connectivity index (χ3v) is 4.85. The van der Waals surface area contributed by atoms with Gasteiger partial charge in [-0.25, -0.2) is 0 Å². The maximum Gasteiger partial charge on any atom is 0.200 e. The number of tetrazole rings is 1. The van der Waals surface area contributed by atoms with Gasteiger partial charge in [0.05, 0.1) is 6.04 Å². The van der Waals surface area contributed by atoms with Crippen LogP contribution in [0, 0.1) is 0 Å². The number of rotatable bonds is 5. The molecule has 3 aromatic heterocycles. The topological polar surface area (TPSA) is 68.0 Å². The molecule has 0 spiro atoms. The van der Waals surface area contributed by atoms with Crippen molar-refractivity contribution in [3.05, 3.63) is 69.9 Å². The Kier molecular flexibility index (Phi) is 3.92. The highest BCUT2D eigenvalue weighted by atomic mass is 32.1. The Hall–Kier alpha value is -2.80. The molecular weight excluding hydrogens is 320 g/mol. The number of nitrogens with one attached hydrogen (secondary N) is 1. The fraction of sp³-hybridized carbons (Fsp3) is 0.176. The largest absolute Gasteiger partial charge is 0.357 e. The minimum absolute atomic E-state index is 0.0392. The lowest BCUT2D eigenvalue weighted by Crippen LogP contribution is -2.13. The molecule has 0 bridgehead atoms. The van der Waals surface area contributed by atoms with E-state index in [0.717, 1.165) is 12.2 Å². The second-order valence-corrected chi connectivity index (χ2v) is 6.41. The molecule has 0 amide bonds. The van der Waals surface area contributed by atoms with Crippen molar-refractivity contribution in [3.63, 3.8) is 0 Å². The van der Waals surface area contributed by atoms with Crippen molar-refractivity contribution in [2.45, 2.75) is 19.4 Å². The molecule has 0 aliphatic carbocycles. The molecule has 0 aliphatic heterocycles. The highest BCUT2D eigenvalue weighted by Gasteiger charge is 2.16. The van der Waals surface area contributed by atoms with Gasteiger partial charge in [0.1, 0.15) is 5.82 Å². The predicted octanol–water partition coefficient (Wildman–Crippen LogP) is 3.34. The van der Waals surface area contributed by atoms with Gasteiger partial charge in [0.15, 0.2) is 5.65 Å². The van der Waals surface area contributed by atoms with E-state index in [2.05, 4.69) is 74.6 Å². The van der Waals surface area contributed by atoms with Crippen molar-refractivity contribution in [1.29, 1.82) is 0 Å². The molecule has 0 aliphatic rings. The first-order valence-electron chi connectivity index (χ1n) is 7.77. The molecule has 3 heterocycles. The van der Waals surface area contributed by atoms with Crippen LogP contribution in [0.1, 0.15) is 29.0 Å². The number of benzene rings is 1. The summed E-state index contributed by atoms with van der Waals surface area (Å²) >= 11 is 1.72. The van der Waals surface area contributed by atoms with E-state index in [9.17, 15) is 0 Å². The third kappa shape index (κ3) is 2.85. The number of aryl methyl sites for hydroxylation is 1. The first kappa shape index (κ1) is 14.8. The van der Waals surface area contributed by atoms with E-state index in [4.69, 9.17) is 0 Å². The van der Waals surface area contributed by atoms with Gasteiger partial charge in [0.25, 0.3) is 0 Å². The number of nitrogens with zero attached hydrogens (tertiary/aromatic N) is 5. The molecular formula is C17H16N6S. The lowest BCUT2D eigenvalue weighted by atomic mass is 10.0. The molecule has 0 fully saturated rings. The van der Waals surface area contributed by atoms with Crippen LogP contribution in [0.5, 0.6) is 0 Å². The lowest BCUT2D eigenvalue weighted by Gasteiger charge is -2.19. The summed E-state index contributed by atoms with van der Waals surface area (Å²) in [7, 11) is 0. The molecule has 4 aromatic rings. The molecule has 1 atom stereocenters. The second kappa shape index (κ2) is 6.37. The maximum atomic E-state index is 4.42. The van der Waals surface area contributed by atoms with Gasteiger partial charge in [-0.3, -0.25) is 0 Å². The standard InChI is InChI=1S/C17H16N6S/c1-2-12-5-7-13(8-6-12)17(14-4-3-11-24-14)18-15-9-10-16-19-21-22-23(16)20-15/h3-11,17H,2H2,1H3,(H,18,20). The average molecular weight is 336 g/mol. The van der Waals surface area contributed by atoms with Crippen LogP contribution in [-0.2, 0) is 6.42 Å². The van der Waals surface area contributed by atoms with Gasteiger partial charge in [-0.05, 0) is 51.6 Å². The van der Waals surface area contributed by atoms with Gasteiger partial charge in [-0.15, -0.1) is 26.2 Å². The number of hydrogen-bond donors (Lipinski definition) is 1. The van der Waals surface area contributed by atoms with Crippen LogP contribution >= 0.6 is 11.3 Å². The Morgan fingerprint density at radius 3 is 2.75 bits per heavy atom. The molecule has 1 unspecified atom stereocenters. The van der Waals surface area contributed by atoms with Gasteiger partial charge in [-0.1, -0.05) is 37.3 Å². The predicted molar refractivity (Wildman–Crippen MR) is 94.2 cm³/mol. The fourth-order valence-electron chi connectivity index (χ4n) is 2.59. The summed E-state index contributed by atoms with van der Waals surface area (Å²) in [6, 6.07) is 16.7. The lowest BCUT2D eigenvalue weighted by molar-refractivity contribution is 0.731. The van der Waals surface area contributed by atoms with Gasteiger partial charge >= 0.3 is 0 Å². The van der Waals surface area contributed by atoms with E-state index < -0.39 is 0 Å². The molecule has 6 nitrogen and oxygen atoms in total. The third-order valence-electron chi connectivity index (χ3n) is 3.91. The van der Waals surface area contributed by atoms with E-state index in [1.165, 1.54) is 20.6 Å². The van der Waals surface area contributed by atoms with Crippen LogP contribution in [0.25, 0.3) is 5.65 Å².